The lowest BCUT2D eigenvalue weighted by Gasteiger charge is -2.02. The third-order valence-electron chi connectivity index (χ3n) is 2.25. The zero-order valence-electron chi connectivity index (χ0n) is 8.32. The Kier molecular flexibility index (Phi) is 2.61. The van der Waals surface area contributed by atoms with Gasteiger partial charge in [0.2, 0.25) is 0 Å². The van der Waals surface area contributed by atoms with Gasteiger partial charge in [0.25, 0.3) is 0 Å². The third-order valence-corrected chi connectivity index (χ3v) is 2.25. The highest BCUT2D eigenvalue weighted by atomic mass is 16.5. The van der Waals surface area contributed by atoms with E-state index in [9.17, 15) is 9.59 Å². The van der Waals surface area contributed by atoms with Crippen molar-refractivity contribution < 1.29 is 19.4 Å². The highest BCUT2D eigenvalue weighted by Crippen LogP contribution is 2.29. The SMILES string of the molecule is O=Cc1cc(C#CC(=O)O)cc2c1OCC2. The molecule has 0 spiro atoms. The summed E-state index contributed by atoms with van der Waals surface area (Å²) in [6.07, 6.45) is 1.41. The molecule has 0 saturated carbocycles. The van der Waals surface area contributed by atoms with Gasteiger partial charge in [-0.2, -0.15) is 0 Å². The summed E-state index contributed by atoms with van der Waals surface area (Å²) < 4.78 is 5.31. The van der Waals surface area contributed by atoms with E-state index in [0.717, 1.165) is 12.0 Å². The second-order valence-corrected chi connectivity index (χ2v) is 3.33. The van der Waals surface area contributed by atoms with Crippen molar-refractivity contribution in [3.05, 3.63) is 28.8 Å². The number of rotatable bonds is 1. The Morgan fingerprint density at radius 2 is 2.31 bits per heavy atom. The van der Waals surface area contributed by atoms with Crippen LogP contribution in [0, 0.1) is 11.8 Å². The molecule has 1 aromatic rings. The van der Waals surface area contributed by atoms with Crippen LogP contribution in [0.25, 0.3) is 0 Å². The molecule has 1 aliphatic heterocycles. The van der Waals surface area contributed by atoms with Crippen molar-refractivity contribution in [1.82, 2.24) is 0 Å². The topological polar surface area (TPSA) is 63.6 Å². The predicted octanol–water partition coefficient (Wildman–Crippen LogP) is 0.870. The minimum Gasteiger partial charge on any atom is -0.492 e. The largest absolute Gasteiger partial charge is 0.492 e. The lowest BCUT2D eigenvalue weighted by molar-refractivity contribution is -0.130. The number of fused-ring (bicyclic) bond motifs is 1. The van der Waals surface area contributed by atoms with Crippen LogP contribution in [0.4, 0.5) is 0 Å². The average Bonchev–Trinajstić information content (AvgIpc) is 2.73. The molecule has 0 bridgehead atoms. The van der Waals surface area contributed by atoms with E-state index in [4.69, 9.17) is 9.84 Å². The Balaban J connectivity index is 2.47. The van der Waals surface area contributed by atoms with E-state index in [1.807, 2.05) is 5.92 Å². The van der Waals surface area contributed by atoms with E-state index >= 15 is 0 Å². The summed E-state index contributed by atoms with van der Waals surface area (Å²) in [5.41, 5.74) is 1.85. The first kappa shape index (κ1) is 10.2. The van der Waals surface area contributed by atoms with E-state index in [2.05, 4.69) is 5.92 Å². The molecule has 0 atom stereocenters. The molecule has 80 valence electrons. The van der Waals surface area contributed by atoms with E-state index < -0.39 is 5.97 Å². The number of carbonyl (C=O) groups excluding carboxylic acids is 1. The van der Waals surface area contributed by atoms with Gasteiger partial charge in [-0.3, -0.25) is 4.79 Å². The van der Waals surface area contributed by atoms with Crippen molar-refractivity contribution >= 4 is 12.3 Å². The number of hydrogen-bond donors (Lipinski definition) is 1. The van der Waals surface area contributed by atoms with E-state index in [-0.39, 0.29) is 0 Å². The number of benzene rings is 1. The fourth-order valence-electron chi connectivity index (χ4n) is 1.62. The molecular formula is C12H8O4. The van der Waals surface area contributed by atoms with Crippen molar-refractivity contribution in [2.75, 3.05) is 6.61 Å². The van der Waals surface area contributed by atoms with Gasteiger partial charge in [0.05, 0.1) is 12.2 Å². The van der Waals surface area contributed by atoms with Gasteiger partial charge in [0, 0.05) is 17.9 Å². The van der Waals surface area contributed by atoms with Crippen LogP contribution in [-0.2, 0) is 11.2 Å². The summed E-state index contributed by atoms with van der Waals surface area (Å²) in [5.74, 6) is 3.90. The Morgan fingerprint density at radius 3 is 3.00 bits per heavy atom. The second-order valence-electron chi connectivity index (χ2n) is 3.33. The van der Waals surface area contributed by atoms with Gasteiger partial charge in [-0.15, -0.1) is 0 Å². The van der Waals surface area contributed by atoms with Crippen LogP contribution in [0.3, 0.4) is 0 Å². The number of aliphatic carboxylic acids is 1. The summed E-state index contributed by atoms with van der Waals surface area (Å²) in [5, 5.41) is 8.43. The van der Waals surface area contributed by atoms with Crippen LogP contribution in [0.15, 0.2) is 12.1 Å². The van der Waals surface area contributed by atoms with Crippen LogP contribution in [0.1, 0.15) is 21.5 Å². The lowest BCUT2D eigenvalue weighted by atomic mass is 10.0. The Hall–Kier alpha value is -2.28. The lowest BCUT2D eigenvalue weighted by Crippen LogP contribution is -1.92. The van der Waals surface area contributed by atoms with Crippen LogP contribution in [0.2, 0.25) is 0 Å². The standard InChI is InChI=1S/C12H8O4/c13-7-10-6-8(1-2-11(14)15)5-9-3-4-16-12(9)10/h5-7H,3-4H2,(H,14,15). The molecule has 0 aliphatic carbocycles. The van der Waals surface area contributed by atoms with Crippen molar-refractivity contribution in [2.45, 2.75) is 6.42 Å². The van der Waals surface area contributed by atoms with Gasteiger partial charge < -0.3 is 9.84 Å². The fraction of sp³-hybridized carbons (Fsp3) is 0.167. The molecule has 1 N–H and O–H groups in total. The number of ether oxygens (including phenoxy) is 1. The monoisotopic (exact) mass is 216 g/mol. The molecule has 0 radical (unpaired) electrons. The number of aldehydes is 1. The fourth-order valence-corrected chi connectivity index (χ4v) is 1.62. The quantitative estimate of drug-likeness (QED) is 0.559. The van der Waals surface area contributed by atoms with E-state index in [0.29, 0.717) is 29.8 Å². The molecule has 2 rings (SSSR count). The van der Waals surface area contributed by atoms with Gasteiger partial charge in [-0.1, -0.05) is 5.92 Å². The highest BCUT2D eigenvalue weighted by Gasteiger charge is 2.16. The molecule has 0 fully saturated rings. The Morgan fingerprint density at radius 1 is 1.50 bits per heavy atom. The normalized spacial score (nSPS) is 12.0. The van der Waals surface area contributed by atoms with Gasteiger partial charge in [0.15, 0.2) is 6.29 Å². The van der Waals surface area contributed by atoms with Crippen LogP contribution < -0.4 is 4.74 Å². The van der Waals surface area contributed by atoms with Crippen molar-refractivity contribution in [3.63, 3.8) is 0 Å². The summed E-state index contributed by atoms with van der Waals surface area (Å²) >= 11 is 0. The van der Waals surface area contributed by atoms with Gasteiger partial charge in [0.1, 0.15) is 5.75 Å². The summed E-state index contributed by atoms with van der Waals surface area (Å²) in [6, 6.07) is 3.29. The second kappa shape index (κ2) is 4.07. The molecule has 1 heterocycles. The number of hydrogen-bond acceptors (Lipinski definition) is 3. The highest BCUT2D eigenvalue weighted by molar-refractivity contribution is 5.88. The summed E-state index contributed by atoms with van der Waals surface area (Å²) in [7, 11) is 0. The first-order chi connectivity index (χ1) is 7.70. The van der Waals surface area contributed by atoms with Gasteiger partial charge in [-0.25, -0.2) is 4.79 Å². The van der Waals surface area contributed by atoms with Crippen LogP contribution in [-0.4, -0.2) is 24.0 Å². The summed E-state index contributed by atoms with van der Waals surface area (Å²) in [4.78, 5) is 21.1. The minimum atomic E-state index is -1.19. The molecule has 0 amide bonds. The first-order valence-corrected chi connectivity index (χ1v) is 4.70. The van der Waals surface area contributed by atoms with Gasteiger partial charge in [-0.05, 0) is 17.7 Å². The van der Waals surface area contributed by atoms with Crippen LogP contribution >= 0.6 is 0 Å². The molecule has 4 nitrogen and oxygen atoms in total. The first-order valence-electron chi connectivity index (χ1n) is 4.70. The molecule has 1 aliphatic rings. The Bertz CT molecular complexity index is 520. The molecule has 4 heteroatoms. The molecule has 16 heavy (non-hydrogen) atoms. The molecular weight excluding hydrogens is 208 g/mol. The smallest absolute Gasteiger partial charge is 0.382 e. The van der Waals surface area contributed by atoms with Crippen molar-refractivity contribution in [3.8, 4) is 17.6 Å². The van der Waals surface area contributed by atoms with Gasteiger partial charge >= 0.3 is 5.97 Å². The predicted molar refractivity (Wildman–Crippen MR) is 55.5 cm³/mol. The Labute approximate surface area is 91.8 Å². The zero-order valence-corrected chi connectivity index (χ0v) is 8.32. The molecule has 0 aromatic heterocycles. The van der Waals surface area contributed by atoms with E-state index in [1.165, 1.54) is 6.07 Å². The minimum absolute atomic E-state index is 0.421. The summed E-state index contributed by atoms with van der Waals surface area (Å²) in [6.45, 7) is 0.548. The molecule has 0 saturated heterocycles. The maximum absolute atomic E-state index is 10.8. The van der Waals surface area contributed by atoms with Crippen molar-refractivity contribution in [2.24, 2.45) is 0 Å². The number of carboxylic acids is 1. The maximum atomic E-state index is 10.8. The average molecular weight is 216 g/mol. The number of carboxylic acid groups (broad SMARTS) is 1. The molecule has 1 aromatic carbocycles. The zero-order chi connectivity index (χ0) is 11.5. The van der Waals surface area contributed by atoms with Crippen molar-refractivity contribution in [1.29, 1.82) is 0 Å². The van der Waals surface area contributed by atoms with E-state index in [1.54, 1.807) is 6.07 Å². The number of carbonyl (C=O) groups is 2. The maximum Gasteiger partial charge on any atom is 0.382 e. The van der Waals surface area contributed by atoms with Crippen LogP contribution in [0.5, 0.6) is 5.75 Å². The molecule has 0 unspecified atom stereocenters. The third kappa shape index (κ3) is 1.89.